The van der Waals surface area contributed by atoms with Crippen LogP contribution >= 0.6 is 0 Å². The highest BCUT2D eigenvalue weighted by Crippen LogP contribution is 2.35. The molecule has 3 heteroatoms. The molecule has 0 aliphatic carbocycles. The van der Waals surface area contributed by atoms with Crippen LogP contribution in [0.2, 0.25) is 0 Å². The highest BCUT2D eigenvalue weighted by Gasteiger charge is 2.16. The summed E-state index contributed by atoms with van der Waals surface area (Å²) < 4.78 is 2.14. The lowest BCUT2D eigenvalue weighted by atomic mass is 9.98. The predicted molar refractivity (Wildman–Crippen MR) is 125 cm³/mol. The first kappa shape index (κ1) is 18.1. The largest absolute Gasteiger partial charge is 0.326 e. The van der Waals surface area contributed by atoms with Crippen LogP contribution in [-0.4, -0.2) is 15.8 Å². The quantitative estimate of drug-likeness (QED) is 0.317. The molecule has 0 unspecified atom stereocenters. The van der Waals surface area contributed by atoms with Crippen molar-refractivity contribution >= 4 is 22.9 Å². The Morgan fingerprint density at radius 2 is 1.20 bits per heavy atom. The van der Waals surface area contributed by atoms with Crippen molar-refractivity contribution in [3.8, 4) is 22.3 Å². The molecule has 3 nitrogen and oxygen atoms in total. The summed E-state index contributed by atoms with van der Waals surface area (Å²) in [5.41, 5.74) is 7.64. The normalized spacial score (nSPS) is 11.4. The second-order valence-electron chi connectivity index (χ2n) is 7.21. The van der Waals surface area contributed by atoms with Gasteiger partial charge in [0.2, 0.25) is 0 Å². The third kappa shape index (κ3) is 3.31. The maximum absolute atomic E-state index is 5.00. The Kier molecular flexibility index (Phi) is 4.70. The number of nitrogens with zero attached hydrogens (tertiary/aromatic N) is 3. The van der Waals surface area contributed by atoms with Crippen LogP contribution in [0.3, 0.4) is 0 Å². The molecule has 0 aliphatic rings. The fourth-order valence-electron chi connectivity index (χ4n) is 3.80. The Labute approximate surface area is 176 Å². The number of aromatic nitrogens is 2. The average Bonchev–Trinajstić information content (AvgIpc) is 3.15. The number of hydrogen-bond acceptors (Lipinski definition) is 2. The van der Waals surface area contributed by atoms with Crippen LogP contribution in [0.4, 0.5) is 5.69 Å². The second kappa shape index (κ2) is 7.80. The fourth-order valence-corrected chi connectivity index (χ4v) is 3.80. The monoisotopic (exact) mass is 387 g/mol. The van der Waals surface area contributed by atoms with E-state index in [0.29, 0.717) is 0 Å². The molecule has 0 N–H and O–H groups in total. The van der Waals surface area contributed by atoms with E-state index in [-0.39, 0.29) is 0 Å². The Bertz CT molecular complexity index is 1320. The molecule has 0 aliphatic heterocycles. The van der Waals surface area contributed by atoms with E-state index in [1.807, 2.05) is 48.7 Å². The van der Waals surface area contributed by atoms with Gasteiger partial charge in [-0.05, 0) is 23.3 Å². The van der Waals surface area contributed by atoms with Crippen molar-refractivity contribution in [1.82, 2.24) is 9.55 Å². The zero-order valence-corrected chi connectivity index (χ0v) is 16.7. The minimum absolute atomic E-state index is 0.828. The number of benzene rings is 4. The van der Waals surface area contributed by atoms with Crippen LogP contribution in [0.15, 0.2) is 108 Å². The van der Waals surface area contributed by atoms with E-state index in [1.54, 1.807) is 0 Å². The number of fused-ring (bicyclic) bond motifs is 1. The lowest BCUT2D eigenvalue weighted by Crippen LogP contribution is -1.97. The molecule has 5 rings (SSSR count). The van der Waals surface area contributed by atoms with Crippen molar-refractivity contribution < 1.29 is 0 Å². The summed E-state index contributed by atoms with van der Waals surface area (Å²) in [7, 11) is 2.06. The van der Waals surface area contributed by atoms with Crippen molar-refractivity contribution in [2.45, 2.75) is 0 Å². The van der Waals surface area contributed by atoms with Crippen molar-refractivity contribution in [3.63, 3.8) is 0 Å². The molecule has 0 fully saturated rings. The molecular formula is C27H21N3. The van der Waals surface area contributed by atoms with Crippen LogP contribution in [0.1, 0.15) is 5.82 Å². The van der Waals surface area contributed by atoms with Gasteiger partial charge in [0.25, 0.3) is 0 Å². The highest BCUT2D eigenvalue weighted by atomic mass is 15.1. The Morgan fingerprint density at radius 3 is 1.83 bits per heavy atom. The maximum atomic E-state index is 5.00. The van der Waals surface area contributed by atoms with E-state index in [2.05, 4.69) is 77.3 Å². The van der Waals surface area contributed by atoms with Gasteiger partial charge in [0.05, 0.1) is 22.9 Å². The first-order chi connectivity index (χ1) is 14.8. The second-order valence-corrected chi connectivity index (χ2v) is 7.21. The van der Waals surface area contributed by atoms with Gasteiger partial charge in [-0.2, -0.15) is 0 Å². The van der Waals surface area contributed by atoms with Crippen LogP contribution in [0.5, 0.6) is 0 Å². The molecule has 0 saturated carbocycles. The molecular weight excluding hydrogens is 366 g/mol. The van der Waals surface area contributed by atoms with E-state index in [4.69, 9.17) is 4.98 Å². The molecule has 4 aromatic carbocycles. The molecule has 0 spiro atoms. The topological polar surface area (TPSA) is 30.2 Å². The summed E-state index contributed by atoms with van der Waals surface area (Å²) in [6.45, 7) is 0. The number of aliphatic imine (C=N–C) groups is 1. The molecule has 0 atom stereocenters. The van der Waals surface area contributed by atoms with Crippen LogP contribution in [0, 0.1) is 0 Å². The number of rotatable bonds is 4. The van der Waals surface area contributed by atoms with Gasteiger partial charge in [-0.25, -0.2) is 4.98 Å². The van der Waals surface area contributed by atoms with E-state index < -0.39 is 0 Å². The Morgan fingerprint density at radius 1 is 0.667 bits per heavy atom. The molecule has 5 aromatic rings. The molecule has 0 bridgehead atoms. The van der Waals surface area contributed by atoms with Gasteiger partial charge >= 0.3 is 0 Å². The zero-order chi connectivity index (χ0) is 20.3. The molecule has 1 aromatic heterocycles. The minimum Gasteiger partial charge on any atom is -0.326 e. The minimum atomic E-state index is 0.828. The average molecular weight is 387 g/mol. The van der Waals surface area contributed by atoms with Gasteiger partial charge in [0.15, 0.2) is 5.82 Å². The molecule has 144 valence electrons. The summed E-state index contributed by atoms with van der Waals surface area (Å²) in [4.78, 5) is 9.63. The molecule has 0 amide bonds. The van der Waals surface area contributed by atoms with Crippen LogP contribution < -0.4 is 0 Å². The van der Waals surface area contributed by atoms with E-state index in [9.17, 15) is 0 Å². The van der Waals surface area contributed by atoms with Crippen LogP contribution in [0.25, 0.3) is 33.3 Å². The number of hydrogen-bond donors (Lipinski definition) is 0. The third-order valence-electron chi connectivity index (χ3n) is 5.31. The zero-order valence-electron chi connectivity index (χ0n) is 16.7. The highest BCUT2D eigenvalue weighted by molar-refractivity contribution is 6.03. The summed E-state index contributed by atoms with van der Waals surface area (Å²) in [6, 6.07) is 35.2. The molecule has 0 saturated heterocycles. The lowest BCUT2D eigenvalue weighted by molar-refractivity contribution is 0.935. The Hall–Kier alpha value is -3.98. The van der Waals surface area contributed by atoms with E-state index in [0.717, 1.165) is 33.7 Å². The van der Waals surface area contributed by atoms with E-state index in [1.165, 1.54) is 11.1 Å². The maximum Gasteiger partial charge on any atom is 0.152 e. The van der Waals surface area contributed by atoms with Gasteiger partial charge in [-0.3, -0.25) is 4.99 Å². The van der Waals surface area contributed by atoms with Gasteiger partial charge in [-0.15, -0.1) is 0 Å². The summed E-state index contributed by atoms with van der Waals surface area (Å²) in [6.07, 6.45) is 1.85. The first-order valence-electron chi connectivity index (χ1n) is 10.0. The van der Waals surface area contributed by atoms with Gasteiger partial charge < -0.3 is 4.57 Å². The SMILES string of the molecule is Cn1c(/C=N/c2ccccc2)nc2c(-c3ccccc3)ccc(-c3ccccc3)c21. The van der Waals surface area contributed by atoms with Gasteiger partial charge in [0.1, 0.15) is 0 Å². The van der Waals surface area contributed by atoms with E-state index >= 15 is 0 Å². The number of para-hydroxylation sites is 1. The molecule has 0 radical (unpaired) electrons. The number of imidazole rings is 1. The Balaban J connectivity index is 1.74. The lowest BCUT2D eigenvalue weighted by Gasteiger charge is -2.09. The smallest absolute Gasteiger partial charge is 0.152 e. The first-order valence-corrected chi connectivity index (χ1v) is 10.0. The fraction of sp³-hybridized carbons (Fsp3) is 0.0370. The molecule has 1 heterocycles. The third-order valence-corrected chi connectivity index (χ3v) is 5.31. The van der Waals surface area contributed by atoms with Gasteiger partial charge in [0, 0.05) is 18.2 Å². The van der Waals surface area contributed by atoms with Crippen molar-refractivity contribution in [3.05, 3.63) is 109 Å². The summed E-state index contributed by atoms with van der Waals surface area (Å²) >= 11 is 0. The summed E-state index contributed by atoms with van der Waals surface area (Å²) in [5, 5.41) is 0. The summed E-state index contributed by atoms with van der Waals surface area (Å²) in [5.74, 6) is 0.828. The standard InChI is InChI=1S/C27H21N3/c1-30-25(19-28-22-15-9-4-10-16-22)29-26-23(20-11-5-2-6-12-20)17-18-24(27(26)30)21-13-7-3-8-14-21/h2-19H,1H3/b28-19+. The van der Waals surface area contributed by atoms with Crippen molar-refractivity contribution in [2.24, 2.45) is 12.0 Å². The van der Waals surface area contributed by atoms with Crippen molar-refractivity contribution in [1.29, 1.82) is 0 Å². The van der Waals surface area contributed by atoms with Crippen LogP contribution in [-0.2, 0) is 7.05 Å². The van der Waals surface area contributed by atoms with Gasteiger partial charge in [-0.1, -0.05) is 91.0 Å². The van der Waals surface area contributed by atoms with Crippen molar-refractivity contribution in [2.75, 3.05) is 0 Å². The molecule has 30 heavy (non-hydrogen) atoms. The number of aryl methyl sites for hydroxylation is 1. The predicted octanol–water partition coefficient (Wildman–Crippen LogP) is 6.66.